The highest BCUT2D eigenvalue weighted by Gasteiger charge is 2.45. The van der Waals surface area contributed by atoms with Gasteiger partial charge in [0.2, 0.25) is 6.79 Å². The molecule has 2 aromatic heterocycles. The number of aromatic nitrogens is 2. The summed E-state index contributed by atoms with van der Waals surface area (Å²) >= 11 is 6.46. The van der Waals surface area contributed by atoms with E-state index >= 15 is 0 Å². The quantitative estimate of drug-likeness (QED) is 0.0243. The number of unbranched alkanes of at least 4 members (excludes halogenated alkanes) is 8. The third kappa shape index (κ3) is 13.1. The summed E-state index contributed by atoms with van der Waals surface area (Å²) in [5.74, 6) is -0.505. The van der Waals surface area contributed by atoms with Crippen molar-refractivity contribution < 1.29 is 52.7 Å². The van der Waals surface area contributed by atoms with E-state index in [0.717, 1.165) is 83.5 Å². The molecule has 0 spiro atoms. The zero-order valence-corrected chi connectivity index (χ0v) is 33.2. The molecule has 15 nitrogen and oxygen atoms in total. The number of aliphatic hydroxyl groups is 3. The minimum absolute atomic E-state index is 0.00440. The van der Waals surface area contributed by atoms with Gasteiger partial charge in [-0.3, -0.25) is 18.4 Å². The minimum Gasteiger partial charge on any atom is -0.438 e. The van der Waals surface area contributed by atoms with E-state index in [1.54, 1.807) is 12.3 Å². The lowest BCUT2D eigenvalue weighted by atomic mass is 10.1. The third-order valence-corrected chi connectivity index (χ3v) is 11.6. The van der Waals surface area contributed by atoms with Crippen molar-refractivity contribution in [3.63, 3.8) is 0 Å². The topological polar surface area (TPSA) is 204 Å². The normalized spacial score (nSPS) is 22.0. The molecule has 4 N–H and O–H groups in total. The Morgan fingerprint density at radius 3 is 2.46 bits per heavy atom. The molecule has 2 fully saturated rings. The molecular formula is C37H58ClN4O11P. The number of esters is 1. The molecule has 3 heterocycles. The summed E-state index contributed by atoms with van der Waals surface area (Å²) in [6, 6.07) is 4.08. The highest BCUT2D eigenvalue weighted by atomic mass is 35.5. The SMILES string of the molecule is CCCCCCCC(=O)OCOP(=O)(COC[C@H]1O[C@@H](n2ccc3c(NC4CCCC4)c(C#N)c(Cl)nc32)[C@H](O)[C@@H]1O)OCOC(O)CCCCCCC. The maximum absolute atomic E-state index is 13.7. The van der Waals surface area contributed by atoms with Crippen LogP contribution >= 0.6 is 19.2 Å². The number of nitriles is 1. The molecule has 2 aliphatic rings. The summed E-state index contributed by atoms with van der Waals surface area (Å²) in [4.78, 5) is 16.7. The van der Waals surface area contributed by atoms with Crippen molar-refractivity contribution in [1.82, 2.24) is 9.55 Å². The van der Waals surface area contributed by atoms with E-state index < -0.39 is 64.3 Å². The lowest BCUT2D eigenvalue weighted by molar-refractivity contribution is -0.156. The molecule has 0 radical (unpaired) electrons. The maximum Gasteiger partial charge on any atom is 0.361 e. The van der Waals surface area contributed by atoms with Crippen LogP contribution in [0.1, 0.15) is 128 Å². The Morgan fingerprint density at radius 1 is 1.07 bits per heavy atom. The van der Waals surface area contributed by atoms with E-state index in [9.17, 15) is 29.9 Å². The van der Waals surface area contributed by atoms with Crippen LogP contribution in [0.2, 0.25) is 5.15 Å². The van der Waals surface area contributed by atoms with Gasteiger partial charge >= 0.3 is 13.6 Å². The van der Waals surface area contributed by atoms with Gasteiger partial charge in [-0.15, -0.1) is 0 Å². The summed E-state index contributed by atoms with van der Waals surface area (Å²) in [5, 5.41) is 46.1. The van der Waals surface area contributed by atoms with Crippen molar-refractivity contribution in [3.05, 3.63) is 23.0 Å². The number of fused-ring (bicyclic) bond motifs is 1. The Labute approximate surface area is 323 Å². The number of carbonyl (C=O) groups excluding carboxylic acids is 1. The van der Waals surface area contributed by atoms with E-state index in [4.69, 9.17) is 39.6 Å². The number of halogens is 1. The number of carbonyl (C=O) groups is 1. The Kier molecular flexibility index (Phi) is 18.9. The van der Waals surface area contributed by atoms with Gasteiger partial charge in [0.25, 0.3) is 0 Å². The van der Waals surface area contributed by atoms with Crippen molar-refractivity contribution in [1.29, 1.82) is 5.26 Å². The van der Waals surface area contributed by atoms with Gasteiger partial charge in [-0.1, -0.05) is 89.7 Å². The molecule has 0 aromatic carbocycles. The first-order chi connectivity index (χ1) is 26.1. The number of pyridine rings is 1. The zero-order valence-electron chi connectivity index (χ0n) is 31.5. The van der Waals surface area contributed by atoms with Gasteiger partial charge in [-0.2, -0.15) is 5.26 Å². The molecule has 1 saturated heterocycles. The summed E-state index contributed by atoms with van der Waals surface area (Å²) in [6.07, 6.45) is 9.30. The summed E-state index contributed by atoms with van der Waals surface area (Å²) in [7, 11) is -4.13. The van der Waals surface area contributed by atoms with Crippen LogP contribution in [-0.2, 0) is 37.4 Å². The van der Waals surface area contributed by atoms with Gasteiger partial charge in [-0.25, -0.2) is 4.98 Å². The van der Waals surface area contributed by atoms with E-state index in [1.165, 1.54) is 4.57 Å². The summed E-state index contributed by atoms with van der Waals surface area (Å²) < 4.78 is 48.1. The smallest absolute Gasteiger partial charge is 0.361 e. The van der Waals surface area contributed by atoms with Crippen LogP contribution in [0.3, 0.4) is 0 Å². The minimum atomic E-state index is -4.13. The molecule has 2 aromatic rings. The third-order valence-electron chi connectivity index (χ3n) is 9.79. The number of nitrogens with one attached hydrogen (secondary N) is 1. The van der Waals surface area contributed by atoms with Crippen molar-refractivity contribution >= 4 is 41.9 Å². The van der Waals surface area contributed by atoms with Gasteiger partial charge in [-0.05, 0) is 38.2 Å². The lowest BCUT2D eigenvalue weighted by Gasteiger charge is -2.21. The van der Waals surface area contributed by atoms with Crippen LogP contribution in [0.15, 0.2) is 12.3 Å². The molecule has 0 bridgehead atoms. The van der Waals surface area contributed by atoms with Crippen molar-refractivity contribution in [2.75, 3.05) is 31.9 Å². The molecular weight excluding hydrogens is 743 g/mol. The first-order valence-electron chi connectivity index (χ1n) is 19.4. The van der Waals surface area contributed by atoms with E-state index in [0.29, 0.717) is 29.6 Å². The highest BCUT2D eigenvalue weighted by Crippen LogP contribution is 2.48. The molecule has 4 rings (SSSR count). The fourth-order valence-corrected chi connectivity index (χ4v) is 7.88. The summed E-state index contributed by atoms with van der Waals surface area (Å²) in [6.45, 7) is 2.67. The van der Waals surface area contributed by atoms with Crippen LogP contribution in [0.4, 0.5) is 5.69 Å². The second-order valence-electron chi connectivity index (χ2n) is 14.0. The predicted molar refractivity (Wildman–Crippen MR) is 202 cm³/mol. The predicted octanol–water partition coefficient (Wildman–Crippen LogP) is 7.25. The molecule has 0 amide bonds. The monoisotopic (exact) mass is 800 g/mol. The average molecular weight is 801 g/mol. The second kappa shape index (κ2) is 23.0. The maximum atomic E-state index is 13.7. The molecule has 1 aliphatic carbocycles. The molecule has 17 heteroatoms. The van der Waals surface area contributed by atoms with Gasteiger partial charge in [0.05, 0.1) is 12.3 Å². The number of rotatable bonds is 26. The van der Waals surface area contributed by atoms with Crippen LogP contribution < -0.4 is 5.32 Å². The molecule has 2 unspecified atom stereocenters. The molecule has 1 aliphatic heterocycles. The highest BCUT2D eigenvalue weighted by molar-refractivity contribution is 7.53. The van der Waals surface area contributed by atoms with E-state index in [1.807, 2.05) is 0 Å². The van der Waals surface area contributed by atoms with Crippen molar-refractivity contribution in [2.45, 2.75) is 153 Å². The number of nitrogens with zero attached hydrogens (tertiary/aromatic N) is 3. The van der Waals surface area contributed by atoms with Crippen LogP contribution in [0.5, 0.6) is 0 Å². The van der Waals surface area contributed by atoms with Gasteiger partial charge in [0.15, 0.2) is 24.5 Å². The van der Waals surface area contributed by atoms with Gasteiger partial charge in [0.1, 0.15) is 41.9 Å². The second-order valence-corrected chi connectivity index (χ2v) is 16.4. The molecule has 54 heavy (non-hydrogen) atoms. The Hall–Kier alpha value is -2.35. The number of hydrogen-bond donors (Lipinski definition) is 4. The Balaban J connectivity index is 1.35. The number of anilines is 1. The first kappa shape index (κ1) is 44.4. The van der Waals surface area contributed by atoms with Crippen LogP contribution in [-0.4, -0.2) is 88.0 Å². The van der Waals surface area contributed by atoms with Crippen molar-refractivity contribution in [3.8, 4) is 6.07 Å². The first-order valence-corrected chi connectivity index (χ1v) is 21.5. The summed E-state index contributed by atoms with van der Waals surface area (Å²) in [5.41, 5.74) is 1.13. The van der Waals surface area contributed by atoms with Crippen molar-refractivity contribution in [2.24, 2.45) is 0 Å². The fourth-order valence-electron chi connectivity index (χ4n) is 6.67. The fraction of sp³-hybridized carbons (Fsp3) is 0.757. The van der Waals surface area contributed by atoms with Crippen LogP contribution in [0, 0.1) is 11.3 Å². The average Bonchev–Trinajstić information content (AvgIpc) is 3.88. The number of hydrogen-bond acceptors (Lipinski definition) is 14. The molecule has 304 valence electrons. The van der Waals surface area contributed by atoms with Gasteiger partial charge < -0.3 is 44.2 Å². The number of ether oxygens (including phenoxy) is 4. The number of aliphatic hydroxyl groups excluding tert-OH is 3. The largest absolute Gasteiger partial charge is 0.438 e. The van der Waals surface area contributed by atoms with E-state index in [-0.39, 0.29) is 29.8 Å². The molecule has 1 saturated carbocycles. The Bertz CT molecular complexity index is 1540. The van der Waals surface area contributed by atoms with Gasteiger partial charge in [0, 0.05) is 24.0 Å². The Morgan fingerprint density at radius 2 is 1.76 bits per heavy atom. The lowest BCUT2D eigenvalue weighted by Crippen LogP contribution is -2.34. The van der Waals surface area contributed by atoms with Crippen LogP contribution in [0.25, 0.3) is 11.0 Å². The zero-order chi connectivity index (χ0) is 38.9. The van der Waals surface area contributed by atoms with E-state index in [2.05, 4.69) is 30.2 Å². The molecule has 6 atom stereocenters. The standard InChI is InChI=1S/C37H58ClN4O11P/c1-3-5-7-9-11-17-30(43)49-23-51-54(47,52-24-50-31(44)18-12-10-8-6-4-2)25-48-22-29-33(45)34(46)37(53-29)42-20-19-27-32(40-26-15-13-14-16-26)28(21-39)35(38)41-36(27)42/h19-20,26,29-30,33-34,37,43,45-46H,3-18,22-25H2,1-2H3,(H,40,41)/t29-,30?,33-,34-,37-,54?/m1/s1.